The molecule has 15 nitrogen and oxygen atoms in total. The average molecular weight is 494 g/mol. The van der Waals surface area contributed by atoms with Crippen LogP contribution >= 0.6 is 0 Å². The van der Waals surface area contributed by atoms with Gasteiger partial charge in [0.1, 0.15) is 18.4 Å². The van der Waals surface area contributed by atoms with Gasteiger partial charge in [-0.1, -0.05) is 0 Å². The van der Waals surface area contributed by atoms with Crippen LogP contribution in [0.1, 0.15) is 42.0 Å². The molecule has 2 fully saturated rings. The molecule has 2 aromatic rings. The summed E-state index contributed by atoms with van der Waals surface area (Å²) in [6.45, 7) is 2.58. The summed E-state index contributed by atoms with van der Waals surface area (Å²) in [5.74, 6) is 0. The summed E-state index contributed by atoms with van der Waals surface area (Å²) in [6.07, 6.45) is -2.34. The number of H-pyrrole nitrogens is 3. The third-order valence-corrected chi connectivity index (χ3v) is 6.16. The van der Waals surface area contributed by atoms with Crippen molar-refractivity contribution in [2.24, 2.45) is 0 Å². The molecule has 15 heteroatoms. The number of hydrogen-bond acceptors (Lipinski definition) is 9. The minimum Gasteiger partial charge on any atom is -0.394 e. The highest BCUT2D eigenvalue weighted by Gasteiger charge is 2.40. The van der Waals surface area contributed by atoms with Crippen LogP contribution in [0.3, 0.4) is 0 Å². The van der Waals surface area contributed by atoms with Gasteiger partial charge in [-0.05, 0) is 13.8 Å². The van der Waals surface area contributed by atoms with Gasteiger partial charge in [0.05, 0.1) is 24.4 Å². The molecule has 0 aliphatic carbocycles. The van der Waals surface area contributed by atoms with Crippen LogP contribution in [0.2, 0.25) is 0 Å². The highest BCUT2D eigenvalue weighted by atomic mass is 16.6. The van der Waals surface area contributed by atoms with Crippen molar-refractivity contribution in [1.29, 1.82) is 0 Å². The van der Waals surface area contributed by atoms with Crippen molar-refractivity contribution in [3.8, 4) is 0 Å². The van der Waals surface area contributed by atoms with E-state index in [1.54, 1.807) is 0 Å². The summed E-state index contributed by atoms with van der Waals surface area (Å²) in [7, 11) is 0. The predicted octanol–water partition coefficient (Wildman–Crippen LogP) is -2.67. The minimum absolute atomic E-state index is 0.0775. The number of aromatic nitrogens is 4. The first-order valence-electron chi connectivity index (χ1n) is 10.9. The Balaban J connectivity index is 1.41. The molecule has 0 unspecified atom stereocenters. The highest BCUT2D eigenvalue weighted by molar-refractivity contribution is 5.74. The Hall–Kier alpha value is -3.53. The number of urea groups is 1. The van der Waals surface area contributed by atoms with E-state index in [2.05, 4.69) is 25.6 Å². The number of ether oxygens (including phenoxy) is 2. The number of carbonyl (C=O) groups excluding carboxylic acids is 1. The monoisotopic (exact) mass is 494 g/mol. The number of nitrogens with one attached hydrogen (secondary N) is 5. The van der Waals surface area contributed by atoms with Crippen molar-refractivity contribution in [3.63, 3.8) is 0 Å². The van der Waals surface area contributed by atoms with Crippen LogP contribution in [0, 0.1) is 13.8 Å². The first-order chi connectivity index (χ1) is 16.6. The molecule has 2 aliphatic rings. The average Bonchev–Trinajstić information content (AvgIpc) is 3.36. The minimum atomic E-state index is -1.41. The molecule has 4 rings (SSSR count). The summed E-state index contributed by atoms with van der Waals surface area (Å²) in [6, 6.07) is -2.24. The second kappa shape index (κ2) is 9.61. The van der Waals surface area contributed by atoms with Gasteiger partial charge < -0.3 is 35.3 Å². The summed E-state index contributed by atoms with van der Waals surface area (Å²) in [5.41, 5.74) is -1.78. The molecular formula is C20H26N6O9. The van der Waals surface area contributed by atoms with E-state index in [9.17, 15) is 34.2 Å². The number of aromatic amines is 3. The molecule has 0 aromatic carbocycles. The Morgan fingerprint density at radius 1 is 1.06 bits per heavy atom. The van der Waals surface area contributed by atoms with Crippen molar-refractivity contribution in [2.45, 2.75) is 63.5 Å². The molecule has 0 radical (unpaired) electrons. The lowest BCUT2D eigenvalue weighted by atomic mass is 10.1. The second-order valence-corrected chi connectivity index (χ2v) is 8.55. The van der Waals surface area contributed by atoms with Crippen LogP contribution in [-0.4, -0.2) is 66.8 Å². The van der Waals surface area contributed by atoms with Gasteiger partial charge in [0, 0.05) is 30.2 Å². The van der Waals surface area contributed by atoms with E-state index in [0.29, 0.717) is 5.56 Å². The lowest BCUT2D eigenvalue weighted by Crippen LogP contribution is -2.51. The Labute approximate surface area is 196 Å². The van der Waals surface area contributed by atoms with Gasteiger partial charge in [-0.15, -0.1) is 0 Å². The summed E-state index contributed by atoms with van der Waals surface area (Å²) in [5, 5.41) is 25.2. The number of carbonyl (C=O) groups is 1. The molecule has 0 spiro atoms. The smallest absolute Gasteiger partial charge is 0.330 e. The molecule has 2 saturated heterocycles. The van der Waals surface area contributed by atoms with Crippen molar-refractivity contribution >= 4 is 6.03 Å². The first kappa shape index (κ1) is 24.6. The fraction of sp³-hybridized carbons (Fsp3) is 0.550. The van der Waals surface area contributed by atoms with E-state index in [1.165, 1.54) is 24.6 Å². The first-order valence-corrected chi connectivity index (χ1v) is 10.9. The van der Waals surface area contributed by atoms with Crippen LogP contribution in [0.25, 0.3) is 0 Å². The normalized spacial score (nSPS) is 28.2. The quantitative estimate of drug-likeness (QED) is 0.230. The van der Waals surface area contributed by atoms with E-state index in [0.717, 1.165) is 0 Å². The van der Waals surface area contributed by atoms with Gasteiger partial charge in [-0.25, -0.2) is 14.4 Å². The SMILES string of the molecule is Cc1cn([C@H]2C[C@H](NC(=O)N[C@H]3C[C@H](c4[nH]c(=O)[nH]c(=O)c4C)O[C@@H]3O)[C@@H](CO)O2)c(=O)[nH]c1=O. The topological polar surface area (TPSA) is 221 Å². The third kappa shape index (κ3) is 4.97. The molecule has 7 N–H and O–H groups in total. The van der Waals surface area contributed by atoms with Crippen LogP contribution in [-0.2, 0) is 9.47 Å². The number of amides is 2. The van der Waals surface area contributed by atoms with Crippen molar-refractivity contribution in [1.82, 2.24) is 30.2 Å². The maximum absolute atomic E-state index is 12.6. The summed E-state index contributed by atoms with van der Waals surface area (Å²) < 4.78 is 12.3. The van der Waals surface area contributed by atoms with Gasteiger partial charge in [-0.3, -0.25) is 24.1 Å². The zero-order chi connectivity index (χ0) is 25.4. The fourth-order valence-corrected chi connectivity index (χ4v) is 4.27. The molecule has 4 heterocycles. The van der Waals surface area contributed by atoms with Gasteiger partial charge in [0.15, 0.2) is 6.29 Å². The van der Waals surface area contributed by atoms with E-state index >= 15 is 0 Å². The Kier molecular flexibility index (Phi) is 6.75. The number of aliphatic hydroxyl groups excluding tert-OH is 2. The van der Waals surface area contributed by atoms with Crippen LogP contribution in [0.4, 0.5) is 4.79 Å². The summed E-state index contributed by atoms with van der Waals surface area (Å²) >= 11 is 0. The zero-order valence-electron chi connectivity index (χ0n) is 18.9. The molecule has 0 saturated carbocycles. The Bertz CT molecular complexity index is 1340. The number of nitrogens with zero attached hydrogens (tertiary/aromatic N) is 1. The standard InChI is InChI=1S/C20H26N6O9/c1-7-5-26(20(33)25-15(7)28)13-4-9(12(6-27)34-13)21-18(31)22-10-3-11(35-17(10)30)14-8(2)16(29)24-19(32)23-14/h5,9-13,17,27,30H,3-4,6H2,1-2H3,(H2,21,22,31)(H,25,28,33)(H2,23,24,29,32)/t9-,10-,11+,12+,13+,17-/m0/s1. The summed E-state index contributed by atoms with van der Waals surface area (Å²) in [4.78, 5) is 66.6. The van der Waals surface area contributed by atoms with Crippen molar-refractivity contribution < 1.29 is 24.5 Å². The number of rotatable bonds is 5. The van der Waals surface area contributed by atoms with E-state index in [4.69, 9.17) is 9.47 Å². The van der Waals surface area contributed by atoms with Crippen molar-refractivity contribution in [2.75, 3.05) is 6.61 Å². The largest absolute Gasteiger partial charge is 0.394 e. The maximum atomic E-state index is 12.6. The predicted molar refractivity (Wildman–Crippen MR) is 118 cm³/mol. The van der Waals surface area contributed by atoms with Gasteiger partial charge in [0.25, 0.3) is 11.1 Å². The number of hydrogen-bond donors (Lipinski definition) is 7. The van der Waals surface area contributed by atoms with Crippen LogP contribution in [0.15, 0.2) is 25.4 Å². The second-order valence-electron chi connectivity index (χ2n) is 8.55. The number of aliphatic hydroxyl groups is 2. The molecule has 35 heavy (non-hydrogen) atoms. The fourth-order valence-electron chi connectivity index (χ4n) is 4.27. The third-order valence-electron chi connectivity index (χ3n) is 6.16. The molecule has 190 valence electrons. The van der Waals surface area contributed by atoms with Crippen molar-refractivity contribution in [3.05, 3.63) is 64.7 Å². The molecule has 6 atom stereocenters. The van der Waals surface area contributed by atoms with E-state index < -0.39 is 71.9 Å². The maximum Gasteiger partial charge on any atom is 0.330 e. The van der Waals surface area contributed by atoms with Gasteiger partial charge in [0.2, 0.25) is 0 Å². The zero-order valence-corrected chi connectivity index (χ0v) is 18.9. The van der Waals surface area contributed by atoms with E-state index in [-0.39, 0.29) is 24.1 Å². The number of aryl methyl sites for hydroxylation is 1. The van der Waals surface area contributed by atoms with Gasteiger partial charge >= 0.3 is 17.4 Å². The Morgan fingerprint density at radius 2 is 1.77 bits per heavy atom. The molecule has 2 amide bonds. The molecule has 0 bridgehead atoms. The van der Waals surface area contributed by atoms with E-state index in [1.807, 2.05) is 0 Å². The molecular weight excluding hydrogens is 468 g/mol. The van der Waals surface area contributed by atoms with Crippen LogP contribution in [0.5, 0.6) is 0 Å². The van der Waals surface area contributed by atoms with Crippen LogP contribution < -0.4 is 33.1 Å². The Morgan fingerprint density at radius 3 is 2.49 bits per heavy atom. The lowest BCUT2D eigenvalue weighted by Gasteiger charge is -2.20. The lowest BCUT2D eigenvalue weighted by molar-refractivity contribution is -0.101. The van der Waals surface area contributed by atoms with Gasteiger partial charge in [-0.2, -0.15) is 0 Å². The highest BCUT2D eigenvalue weighted by Crippen LogP contribution is 2.32. The molecule has 2 aliphatic heterocycles. The molecule has 2 aromatic heterocycles.